The molecule has 1 aromatic heterocycles. The maximum atomic E-state index is 14.3. The van der Waals surface area contributed by atoms with Crippen LogP contribution in [-0.2, 0) is 35.8 Å². The minimum Gasteiger partial charge on any atom is -0.484 e. The molecule has 3 amide bonds. The summed E-state index contributed by atoms with van der Waals surface area (Å²) in [4.78, 5) is 56.7. The lowest BCUT2D eigenvalue weighted by atomic mass is 9.89. The van der Waals surface area contributed by atoms with E-state index in [0.29, 0.717) is 58.1 Å². The number of benzene rings is 5. The van der Waals surface area contributed by atoms with Crippen molar-refractivity contribution in [3.05, 3.63) is 195 Å². The first-order chi connectivity index (χ1) is 37.1. The zero-order valence-corrected chi connectivity index (χ0v) is 46.3. The summed E-state index contributed by atoms with van der Waals surface area (Å²) in [5, 5.41) is 12.9. The minimum absolute atomic E-state index is 0.0000856. The van der Waals surface area contributed by atoms with Crippen LogP contribution in [-0.4, -0.2) is 80.9 Å². The van der Waals surface area contributed by atoms with E-state index in [1.54, 1.807) is 29.9 Å². The Bertz CT molecular complexity index is 2870. The molecule has 0 radical (unpaired) electrons. The highest BCUT2D eigenvalue weighted by molar-refractivity contribution is 6.03. The summed E-state index contributed by atoms with van der Waals surface area (Å²) in [6.45, 7) is 17.7. The summed E-state index contributed by atoms with van der Waals surface area (Å²) in [6, 6.07) is 43.4. The van der Waals surface area contributed by atoms with Gasteiger partial charge in [0.1, 0.15) is 19.8 Å². The van der Waals surface area contributed by atoms with Crippen LogP contribution in [0.1, 0.15) is 120 Å². The zero-order valence-electron chi connectivity index (χ0n) is 46.3. The number of amides is 3. The van der Waals surface area contributed by atoms with Crippen LogP contribution in [0, 0.1) is 17.8 Å². The van der Waals surface area contributed by atoms with Gasteiger partial charge >= 0.3 is 0 Å². The third-order valence-corrected chi connectivity index (χ3v) is 13.6. The molecule has 0 spiro atoms. The second kappa shape index (κ2) is 28.8. The van der Waals surface area contributed by atoms with Gasteiger partial charge < -0.3 is 49.5 Å². The van der Waals surface area contributed by atoms with E-state index >= 15 is 0 Å². The second-order valence-electron chi connectivity index (χ2n) is 21.2. The van der Waals surface area contributed by atoms with Crippen LogP contribution >= 0.6 is 0 Å². The van der Waals surface area contributed by atoms with E-state index in [0.717, 1.165) is 35.1 Å². The number of hydrogen-bond acceptors (Lipinski definition) is 10. The maximum Gasteiger partial charge on any atom is 0.294 e. The van der Waals surface area contributed by atoms with Gasteiger partial charge in [-0.15, -0.1) is 0 Å². The average molecular weight is 1050 g/mol. The zero-order chi connectivity index (χ0) is 55.3. The van der Waals surface area contributed by atoms with Gasteiger partial charge in [-0.3, -0.25) is 19.2 Å². The van der Waals surface area contributed by atoms with Gasteiger partial charge in [0.2, 0.25) is 0 Å². The van der Waals surface area contributed by atoms with Gasteiger partial charge in [0.25, 0.3) is 23.3 Å². The fourth-order valence-corrected chi connectivity index (χ4v) is 8.97. The van der Waals surface area contributed by atoms with Crippen molar-refractivity contribution < 1.29 is 38.1 Å². The number of aromatic nitrogens is 1. The fourth-order valence-electron chi connectivity index (χ4n) is 8.97. The van der Waals surface area contributed by atoms with Crippen molar-refractivity contribution in [2.75, 3.05) is 53.1 Å². The van der Waals surface area contributed by atoms with Gasteiger partial charge in [0.05, 0.1) is 43.1 Å². The normalized spacial score (nSPS) is 11.7. The number of carbonyl (C=O) groups is 3. The number of pyridine rings is 1. The molecule has 1 heterocycles. The molecule has 0 atom stereocenters. The maximum absolute atomic E-state index is 14.3. The average Bonchev–Trinajstić information content (AvgIpc) is 3.46. The van der Waals surface area contributed by atoms with E-state index in [1.165, 1.54) is 0 Å². The summed E-state index contributed by atoms with van der Waals surface area (Å²) < 4.78 is 32.3. The minimum atomic E-state index is -0.412. The summed E-state index contributed by atoms with van der Waals surface area (Å²) in [5.41, 5.74) is 3.47. The van der Waals surface area contributed by atoms with E-state index in [2.05, 4.69) is 49.0 Å². The standard InChI is InChI=1S/C63H79N5O9/c1-9-63(10-2,33-34-64-59(71)53-37-46(3)68(38-47-23-15-11-16-24-47)60(72)56(53)77-41-50-29-21-14-22-30-50)67-36-35-65-57(69)51-31-32-52(58(70)66-42-61(4,5)44-74-45-62(6,7)43-73-8)55(76-40-49-27-19-13-20-28-49)54(51)75-39-48-25-17-12-18-26-48/h11-32,37,67H,9-10,33-36,38-45H2,1-8H3,(H,64,71)(H,65,69)(H,66,70). The number of methoxy groups -OCH3 is 1. The van der Waals surface area contributed by atoms with Crippen LogP contribution < -0.4 is 41.0 Å². The third kappa shape index (κ3) is 17.6. The first kappa shape index (κ1) is 59.0. The molecule has 6 aromatic rings. The van der Waals surface area contributed by atoms with E-state index < -0.39 is 22.8 Å². The third-order valence-electron chi connectivity index (χ3n) is 13.6. The Hall–Kier alpha value is -7.26. The first-order valence-electron chi connectivity index (χ1n) is 26.7. The molecular weight excluding hydrogens is 971 g/mol. The van der Waals surface area contributed by atoms with Gasteiger partial charge in [0, 0.05) is 55.4 Å². The second-order valence-corrected chi connectivity index (χ2v) is 21.2. The molecule has 0 aliphatic rings. The number of hydrogen-bond donors (Lipinski definition) is 4. The molecule has 6 rings (SSSR count). The Kier molecular flexibility index (Phi) is 22.0. The monoisotopic (exact) mass is 1050 g/mol. The topological polar surface area (TPSA) is 167 Å². The van der Waals surface area contributed by atoms with Crippen molar-refractivity contribution >= 4 is 17.7 Å². The van der Waals surface area contributed by atoms with Crippen molar-refractivity contribution in [1.29, 1.82) is 0 Å². The fraction of sp³-hybridized carbons (Fsp3) is 0.397. The summed E-state index contributed by atoms with van der Waals surface area (Å²) in [7, 11) is 1.67. The number of ether oxygens (including phenoxy) is 5. The molecule has 5 aromatic carbocycles. The molecule has 0 saturated heterocycles. The van der Waals surface area contributed by atoms with Crippen LogP contribution in [0.15, 0.2) is 144 Å². The number of rotatable bonds is 31. The quantitative estimate of drug-likeness (QED) is 0.0308. The highest BCUT2D eigenvalue weighted by Crippen LogP contribution is 2.37. The van der Waals surface area contributed by atoms with E-state index in [4.69, 9.17) is 23.7 Å². The molecule has 0 aliphatic heterocycles. The van der Waals surface area contributed by atoms with Crippen molar-refractivity contribution in [2.24, 2.45) is 10.8 Å². The molecule has 0 fully saturated rings. The molecule has 0 unspecified atom stereocenters. The molecule has 0 aliphatic carbocycles. The molecular formula is C63H79N5O9. The van der Waals surface area contributed by atoms with Gasteiger partial charge in [-0.2, -0.15) is 0 Å². The van der Waals surface area contributed by atoms with Crippen molar-refractivity contribution in [1.82, 2.24) is 25.8 Å². The van der Waals surface area contributed by atoms with Crippen LogP contribution in [0.3, 0.4) is 0 Å². The first-order valence-corrected chi connectivity index (χ1v) is 26.7. The Morgan fingerprint density at radius 2 is 0.961 bits per heavy atom. The van der Waals surface area contributed by atoms with E-state index in [-0.39, 0.29) is 77.2 Å². The predicted octanol–water partition coefficient (Wildman–Crippen LogP) is 10.1. The van der Waals surface area contributed by atoms with Crippen LogP contribution in [0.25, 0.3) is 0 Å². The van der Waals surface area contributed by atoms with E-state index in [1.807, 2.05) is 142 Å². The molecule has 0 saturated carbocycles. The lowest BCUT2D eigenvalue weighted by Crippen LogP contribution is -2.49. The Morgan fingerprint density at radius 3 is 1.45 bits per heavy atom. The largest absolute Gasteiger partial charge is 0.484 e. The lowest BCUT2D eigenvalue weighted by Gasteiger charge is -2.33. The lowest BCUT2D eigenvalue weighted by molar-refractivity contribution is -0.0143. The van der Waals surface area contributed by atoms with E-state index in [9.17, 15) is 19.2 Å². The van der Waals surface area contributed by atoms with Crippen LogP contribution in [0.5, 0.6) is 17.2 Å². The molecule has 14 nitrogen and oxygen atoms in total. The van der Waals surface area contributed by atoms with Gasteiger partial charge in [-0.1, -0.05) is 163 Å². The number of nitrogens with zero attached hydrogens (tertiary/aromatic N) is 1. The molecule has 410 valence electrons. The molecule has 4 N–H and O–H groups in total. The molecule has 0 bridgehead atoms. The Balaban J connectivity index is 1.15. The smallest absolute Gasteiger partial charge is 0.294 e. The highest BCUT2D eigenvalue weighted by Gasteiger charge is 2.30. The predicted molar refractivity (Wildman–Crippen MR) is 303 cm³/mol. The highest BCUT2D eigenvalue weighted by atomic mass is 16.5. The molecule has 14 heteroatoms. The van der Waals surface area contributed by atoms with Crippen molar-refractivity contribution in [2.45, 2.75) is 99.6 Å². The van der Waals surface area contributed by atoms with Gasteiger partial charge in [-0.05, 0) is 66.6 Å². The number of carbonyl (C=O) groups excluding carboxylic acids is 3. The van der Waals surface area contributed by atoms with Gasteiger partial charge in [0.15, 0.2) is 17.2 Å². The number of nitrogens with one attached hydrogen (secondary N) is 4. The van der Waals surface area contributed by atoms with Crippen LogP contribution in [0.4, 0.5) is 0 Å². The van der Waals surface area contributed by atoms with Crippen molar-refractivity contribution in [3.8, 4) is 17.2 Å². The summed E-state index contributed by atoms with van der Waals surface area (Å²) in [5.74, 6) is -0.888. The summed E-state index contributed by atoms with van der Waals surface area (Å²) >= 11 is 0. The number of aryl methyl sites for hydroxylation is 1. The van der Waals surface area contributed by atoms with Crippen LogP contribution in [0.2, 0.25) is 0 Å². The Labute approximate surface area is 455 Å². The summed E-state index contributed by atoms with van der Waals surface area (Å²) in [6.07, 6.45) is 2.06. The van der Waals surface area contributed by atoms with Crippen molar-refractivity contribution in [3.63, 3.8) is 0 Å². The SMILES string of the molecule is CCC(CC)(CCNC(=O)c1cc(C)n(Cc2ccccc2)c(=O)c1OCc1ccccc1)NCCNC(=O)c1ccc(C(=O)NCC(C)(C)COCC(C)(C)COC)c(OCc2ccccc2)c1OCc1ccccc1. The van der Waals surface area contributed by atoms with Gasteiger partial charge in [-0.25, -0.2) is 0 Å². The molecule has 77 heavy (non-hydrogen) atoms. The Morgan fingerprint density at radius 1 is 0.519 bits per heavy atom.